The van der Waals surface area contributed by atoms with Gasteiger partial charge in [0.15, 0.2) is 5.96 Å². The molecule has 2 N–H and O–H groups in total. The number of hydrogen-bond acceptors (Lipinski definition) is 1. The molecule has 20 heavy (non-hydrogen) atoms. The minimum atomic E-state index is -0.538. The lowest BCUT2D eigenvalue weighted by Crippen LogP contribution is -2.38. The number of unbranched alkanes of at least 4 members (excludes halogenated alkanes) is 1. The summed E-state index contributed by atoms with van der Waals surface area (Å²) in [5, 5.41) is 6.30. The number of aliphatic imine (C=N–C) groups is 1. The number of nitrogens with one attached hydrogen (secondary N) is 2. The van der Waals surface area contributed by atoms with E-state index in [-0.39, 0.29) is 0 Å². The van der Waals surface area contributed by atoms with Crippen LogP contribution in [0.25, 0.3) is 0 Å². The number of rotatable bonds is 7. The van der Waals surface area contributed by atoms with Crippen molar-refractivity contribution < 1.29 is 8.78 Å². The van der Waals surface area contributed by atoms with E-state index in [0.29, 0.717) is 18.5 Å². The van der Waals surface area contributed by atoms with Crippen molar-refractivity contribution >= 4 is 5.96 Å². The van der Waals surface area contributed by atoms with Gasteiger partial charge in [-0.2, -0.15) is 0 Å². The lowest BCUT2D eigenvalue weighted by Gasteiger charge is -2.11. The molecule has 0 heterocycles. The van der Waals surface area contributed by atoms with Crippen LogP contribution in [0, 0.1) is 11.6 Å². The molecule has 3 nitrogen and oxygen atoms in total. The molecule has 0 spiro atoms. The number of guanidine groups is 1. The monoisotopic (exact) mass is 283 g/mol. The Hall–Kier alpha value is -1.65. The molecule has 0 radical (unpaired) electrons. The van der Waals surface area contributed by atoms with Gasteiger partial charge >= 0.3 is 0 Å². The third-order valence-electron chi connectivity index (χ3n) is 2.75. The molecule has 112 valence electrons. The van der Waals surface area contributed by atoms with Gasteiger partial charge in [-0.05, 0) is 37.5 Å². The summed E-state index contributed by atoms with van der Waals surface area (Å²) < 4.78 is 26.1. The number of nitrogens with zero attached hydrogens (tertiary/aromatic N) is 1. The first kappa shape index (κ1) is 16.4. The Morgan fingerprint density at radius 3 is 2.40 bits per heavy atom. The van der Waals surface area contributed by atoms with Gasteiger partial charge in [0.25, 0.3) is 0 Å². The molecular weight excluding hydrogens is 260 g/mol. The predicted octanol–water partition coefficient (Wildman–Crippen LogP) is 2.86. The number of halogens is 2. The Balaban J connectivity index is 2.44. The van der Waals surface area contributed by atoms with E-state index in [1.165, 1.54) is 12.1 Å². The molecule has 0 atom stereocenters. The summed E-state index contributed by atoms with van der Waals surface area (Å²) in [5.41, 5.74) is 0.638. The highest BCUT2D eigenvalue weighted by Crippen LogP contribution is 2.07. The second-order valence-corrected chi connectivity index (χ2v) is 4.57. The second-order valence-electron chi connectivity index (χ2n) is 4.57. The Labute approximate surface area is 119 Å². The molecule has 1 aromatic carbocycles. The zero-order chi connectivity index (χ0) is 14.8. The van der Waals surface area contributed by atoms with E-state index in [0.717, 1.165) is 38.0 Å². The third-order valence-corrected chi connectivity index (χ3v) is 2.75. The van der Waals surface area contributed by atoms with Gasteiger partial charge in [-0.15, -0.1) is 0 Å². The summed E-state index contributed by atoms with van der Waals surface area (Å²) in [6.07, 6.45) is 2.70. The van der Waals surface area contributed by atoms with Gasteiger partial charge in [0.05, 0.1) is 0 Å². The maximum Gasteiger partial charge on any atom is 0.191 e. The van der Waals surface area contributed by atoms with Crippen LogP contribution in [0.3, 0.4) is 0 Å². The van der Waals surface area contributed by atoms with E-state index in [2.05, 4.69) is 22.5 Å². The summed E-state index contributed by atoms with van der Waals surface area (Å²) in [5.74, 6) is -0.329. The molecule has 0 aromatic heterocycles. The summed E-state index contributed by atoms with van der Waals surface area (Å²) in [6.45, 7) is 6.27. The fourth-order valence-electron chi connectivity index (χ4n) is 1.77. The molecule has 0 bridgehead atoms. The molecule has 0 amide bonds. The van der Waals surface area contributed by atoms with Crippen molar-refractivity contribution in [3.05, 3.63) is 35.4 Å². The topological polar surface area (TPSA) is 36.4 Å². The van der Waals surface area contributed by atoms with E-state index < -0.39 is 11.6 Å². The second kappa shape index (κ2) is 9.28. The number of benzene rings is 1. The Morgan fingerprint density at radius 1 is 1.10 bits per heavy atom. The van der Waals surface area contributed by atoms with Gasteiger partial charge < -0.3 is 10.6 Å². The quantitative estimate of drug-likeness (QED) is 0.458. The molecule has 0 saturated heterocycles. The van der Waals surface area contributed by atoms with E-state index >= 15 is 0 Å². The fraction of sp³-hybridized carbons (Fsp3) is 0.533. The van der Waals surface area contributed by atoms with Crippen LogP contribution in [0.1, 0.15) is 32.3 Å². The molecule has 1 aromatic rings. The zero-order valence-corrected chi connectivity index (χ0v) is 12.2. The molecule has 0 unspecified atom stereocenters. The molecule has 5 heteroatoms. The average Bonchev–Trinajstić information content (AvgIpc) is 2.38. The standard InChI is InChI=1S/C15H23F2N3/c1-3-5-7-19-15(18-4-2)20-8-6-12-9-13(16)11-14(17)10-12/h9-11H,3-8H2,1-2H3,(H2,18,19,20). The average molecular weight is 283 g/mol. The van der Waals surface area contributed by atoms with E-state index in [9.17, 15) is 8.78 Å². The van der Waals surface area contributed by atoms with Gasteiger partial charge in [-0.3, -0.25) is 4.99 Å². The third kappa shape index (κ3) is 6.50. The van der Waals surface area contributed by atoms with Crippen LogP contribution in [-0.2, 0) is 6.42 Å². The minimum absolute atomic E-state index is 0.538. The Kier molecular flexibility index (Phi) is 7.62. The van der Waals surface area contributed by atoms with Crippen molar-refractivity contribution in [3.63, 3.8) is 0 Å². The van der Waals surface area contributed by atoms with Gasteiger partial charge in [0.2, 0.25) is 0 Å². The molecule has 0 saturated carbocycles. The SMILES string of the molecule is CCCCN=C(NCC)NCCc1cc(F)cc(F)c1. The first-order valence-electron chi connectivity index (χ1n) is 7.12. The van der Waals surface area contributed by atoms with Crippen LogP contribution < -0.4 is 10.6 Å². The summed E-state index contributed by atoms with van der Waals surface area (Å²) >= 11 is 0. The normalized spacial score (nSPS) is 11.5. The minimum Gasteiger partial charge on any atom is -0.357 e. The van der Waals surface area contributed by atoms with Crippen LogP contribution in [0.4, 0.5) is 8.78 Å². The smallest absolute Gasteiger partial charge is 0.191 e. The van der Waals surface area contributed by atoms with Crippen LogP contribution >= 0.6 is 0 Å². The fourth-order valence-corrected chi connectivity index (χ4v) is 1.77. The van der Waals surface area contributed by atoms with Crippen molar-refractivity contribution in [3.8, 4) is 0 Å². The predicted molar refractivity (Wildman–Crippen MR) is 79.0 cm³/mol. The van der Waals surface area contributed by atoms with E-state index in [1.807, 2.05) is 6.92 Å². The molecule has 0 aliphatic heterocycles. The number of hydrogen-bond donors (Lipinski definition) is 2. The highest BCUT2D eigenvalue weighted by atomic mass is 19.1. The maximum absolute atomic E-state index is 13.0. The van der Waals surface area contributed by atoms with Gasteiger partial charge in [-0.1, -0.05) is 13.3 Å². The van der Waals surface area contributed by atoms with Crippen molar-refractivity contribution in [1.82, 2.24) is 10.6 Å². The van der Waals surface area contributed by atoms with Crippen molar-refractivity contribution in [2.24, 2.45) is 4.99 Å². The van der Waals surface area contributed by atoms with Crippen molar-refractivity contribution in [2.45, 2.75) is 33.1 Å². The zero-order valence-electron chi connectivity index (χ0n) is 12.2. The molecule has 0 fully saturated rings. The lowest BCUT2D eigenvalue weighted by atomic mass is 10.1. The Morgan fingerprint density at radius 2 is 1.80 bits per heavy atom. The van der Waals surface area contributed by atoms with Crippen molar-refractivity contribution in [2.75, 3.05) is 19.6 Å². The lowest BCUT2D eigenvalue weighted by molar-refractivity contribution is 0.579. The Bertz CT molecular complexity index is 413. The van der Waals surface area contributed by atoms with Crippen LogP contribution in [-0.4, -0.2) is 25.6 Å². The van der Waals surface area contributed by atoms with Gasteiger partial charge in [0.1, 0.15) is 11.6 Å². The van der Waals surface area contributed by atoms with Crippen LogP contribution in [0.5, 0.6) is 0 Å². The molecule has 1 rings (SSSR count). The highest BCUT2D eigenvalue weighted by Gasteiger charge is 2.01. The largest absolute Gasteiger partial charge is 0.357 e. The highest BCUT2D eigenvalue weighted by molar-refractivity contribution is 5.79. The van der Waals surface area contributed by atoms with Gasteiger partial charge in [0, 0.05) is 25.7 Å². The van der Waals surface area contributed by atoms with Crippen LogP contribution in [0.2, 0.25) is 0 Å². The van der Waals surface area contributed by atoms with Gasteiger partial charge in [-0.25, -0.2) is 8.78 Å². The molecule has 0 aliphatic carbocycles. The summed E-state index contributed by atoms with van der Waals surface area (Å²) in [6, 6.07) is 3.59. The molecule has 0 aliphatic rings. The summed E-state index contributed by atoms with van der Waals surface area (Å²) in [7, 11) is 0. The first-order valence-corrected chi connectivity index (χ1v) is 7.12. The summed E-state index contributed by atoms with van der Waals surface area (Å²) in [4.78, 5) is 4.42. The molecular formula is C15H23F2N3. The van der Waals surface area contributed by atoms with E-state index in [1.54, 1.807) is 0 Å². The van der Waals surface area contributed by atoms with E-state index in [4.69, 9.17) is 0 Å². The first-order chi connectivity index (χ1) is 9.65. The maximum atomic E-state index is 13.0. The van der Waals surface area contributed by atoms with Crippen LogP contribution in [0.15, 0.2) is 23.2 Å². The van der Waals surface area contributed by atoms with Crippen molar-refractivity contribution in [1.29, 1.82) is 0 Å².